The smallest absolute Gasteiger partial charge is 0.127 e. The van der Waals surface area contributed by atoms with E-state index in [2.05, 4.69) is 33.0 Å². The third-order valence-electron chi connectivity index (χ3n) is 4.69. The van der Waals surface area contributed by atoms with Crippen molar-refractivity contribution in [2.24, 2.45) is 10.8 Å². The van der Waals surface area contributed by atoms with Gasteiger partial charge in [-0.15, -0.1) is 0 Å². The fourth-order valence-electron chi connectivity index (χ4n) is 2.70. The van der Waals surface area contributed by atoms with E-state index in [-0.39, 0.29) is 16.6 Å². The molecule has 1 aromatic carbocycles. The van der Waals surface area contributed by atoms with Crippen molar-refractivity contribution in [1.29, 1.82) is 5.26 Å². The third kappa shape index (κ3) is 1.91. The lowest BCUT2D eigenvalue weighted by atomic mass is 10.0. The van der Waals surface area contributed by atoms with Crippen molar-refractivity contribution in [2.75, 3.05) is 0 Å². The SMILES string of the molecule is CC1(C)C(NCc2cc(C#N)ccc2F)C1(C)C. The van der Waals surface area contributed by atoms with Crippen LogP contribution in [0.15, 0.2) is 18.2 Å². The molecule has 1 aliphatic rings. The molecule has 3 heteroatoms. The Morgan fingerprint density at radius 3 is 2.39 bits per heavy atom. The molecular weight excluding hydrogens is 227 g/mol. The van der Waals surface area contributed by atoms with Gasteiger partial charge >= 0.3 is 0 Å². The van der Waals surface area contributed by atoms with Gasteiger partial charge in [-0.05, 0) is 29.0 Å². The predicted octanol–water partition coefficient (Wildman–Crippen LogP) is 3.22. The summed E-state index contributed by atoms with van der Waals surface area (Å²) >= 11 is 0. The van der Waals surface area contributed by atoms with Gasteiger partial charge in [0, 0.05) is 18.2 Å². The second-order valence-electron chi connectivity index (χ2n) is 6.18. The first-order chi connectivity index (χ1) is 8.30. The van der Waals surface area contributed by atoms with Gasteiger partial charge < -0.3 is 5.32 Å². The highest BCUT2D eigenvalue weighted by atomic mass is 19.1. The summed E-state index contributed by atoms with van der Waals surface area (Å²) in [4.78, 5) is 0. The Bertz CT molecular complexity index is 498. The average molecular weight is 246 g/mol. The van der Waals surface area contributed by atoms with Crippen molar-refractivity contribution in [3.8, 4) is 6.07 Å². The Hall–Kier alpha value is -1.40. The minimum Gasteiger partial charge on any atom is -0.309 e. The highest BCUT2D eigenvalue weighted by molar-refractivity contribution is 5.34. The first-order valence-corrected chi connectivity index (χ1v) is 6.22. The number of hydrogen-bond acceptors (Lipinski definition) is 2. The normalized spacial score (nSPS) is 20.4. The van der Waals surface area contributed by atoms with Crippen molar-refractivity contribution in [3.05, 3.63) is 35.1 Å². The van der Waals surface area contributed by atoms with E-state index in [0.717, 1.165) is 0 Å². The van der Waals surface area contributed by atoms with Gasteiger partial charge in [-0.2, -0.15) is 5.26 Å². The number of nitrogens with one attached hydrogen (secondary N) is 1. The highest BCUT2D eigenvalue weighted by Gasteiger charge is 2.64. The van der Waals surface area contributed by atoms with Gasteiger partial charge in [0.05, 0.1) is 11.6 Å². The topological polar surface area (TPSA) is 35.8 Å². The monoisotopic (exact) mass is 246 g/mol. The maximum Gasteiger partial charge on any atom is 0.127 e. The summed E-state index contributed by atoms with van der Waals surface area (Å²) < 4.78 is 13.6. The van der Waals surface area contributed by atoms with Crippen LogP contribution in [0.5, 0.6) is 0 Å². The largest absolute Gasteiger partial charge is 0.309 e. The molecule has 0 heterocycles. The van der Waals surface area contributed by atoms with Crippen LogP contribution in [0.3, 0.4) is 0 Å². The quantitative estimate of drug-likeness (QED) is 0.888. The molecule has 0 atom stereocenters. The molecule has 2 rings (SSSR count). The van der Waals surface area contributed by atoms with Gasteiger partial charge in [0.25, 0.3) is 0 Å². The van der Waals surface area contributed by atoms with Crippen LogP contribution in [-0.2, 0) is 6.54 Å². The molecule has 1 aliphatic carbocycles. The minimum absolute atomic E-state index is 0.232. The maximum absolute atomic E-state index is 13.6. The molecule has 1 fully saturated rings. The molecule has 0 saturated heterocycles. The molecule has 18 heavy (non-hydrogen) atoms. The predicted molar refractivity (Wildman–Crippen MR) is 69.3 cm³/mol. The molecule has 0 amide bonds. The fourth-order valence-corrected chi connectivity index (χ4v) is 2.70. The van der Waals surface area contributed by atoms with E-state index in [0.29, 0.717) is 23.7 Å². The Kier molecular flexibility index (Phi) is 2.95. The summed E-state index contributed by atoms with van der Waals surface area (Å²) in [7, 11) is 0. The molecular formula is C15H19FN2. The number of nitrogens with zero attached hydrogens (tertiary/aromatic N) is 1. The summed E-state index contributed by atoms with van der Waals surface area (Å²) in [6.07, 6.45) is 0. The van der Waals surface area contributed by atoms with Crippen LogP contribution < -0.4 is 5.32 Å². The van der Waals surface area contributed by atoms with Crippen LogP contribution in [0.1, 0.15) is 38.8 Å². The summed E-state index contributed by atoms with van der Waals surface area (Å²) in [5, 5.41) is 12.2. The fraction of sp³-hybridized carbons (Fsp3) is 0.533. The van der Waals surface area contributed by atoms with Gasteiger partial charge in [0.15, 0.2) is 0 Å². The molecule has 1 N–H and O–H groups in total. The molecule has 0 aliphatic heterocycles. The first kappa shape index (κ1) is 13.0. The Labute approximate surface area is 108 Å². The Morgan fingerprint density at radius 2 is 1.89 bits per heavy atom. The molecule has 0 unspecified atom stereocenters. The van der Waals surface area contributed by atoms with Crippen LogP contribution >= 0.6 is 0 Å². The van der Waals surface area contributed by atoms with E-state index in [1.807, 2.05) is 6.07 Å². The molecule has 1 aromatic rings. The lowest BCUT2D eigenvalue weighted by Gasteiger charge is -2.08. The number of halogens is 1. The third-order valence-corrected chi connectivity index (χ3v) is 4.69. The van der Waals surface area contributed by atoms with Crippen molar-refractivity contribution in [1.82, 2.24) is 5.32 Å². The lowest BCUT2D eigenvalue weighted by Crippen LogP contribution is -2.22. The van der Waals surface area contributed by atoms with Gasteiger partial charge in [-0.25, -0.2) is 4.39 Å². The Balaban J connectivity index is 2.07. The van der Waals surface area contributed by atoms with Gasteiger partial charge in [-0.1, -0.05) is 27.7 Å². The van der Waals surface area contributed by atoms with E-state index >= 15 is 0 Å². The molecule has 0 spiro atoms. The van der Waals surface area contributed by atoms with E-state index in [4.69, 9.17) is 5.26 Å². The summed E-state index contributed by atoms with van der Waals surface area (Å²) in [5.41, 5.74) is 1.53. The summed E-state index contributed by atoms with van der Waals surface area (Å²) in [5.74, 6) is -0.252. The van der Waals surface area contributed by atoms with Gasteiger partial charge in [-0.3, -0.25) is 0 Å². The van der Waals surface area contributed by atoms with Crippen molar-refractivity contribution < 1.29 is 4.39 Å². The zero-order chi connectivity index (χ0) is 13.6. The van der Waals surface area contributed by atoms with Crippen molar-refractivity contribution in [3.63, 3.8) is 0 Å². The lowest BCUT2D eigenvalue weighted by molar-refractivity contribution is 0.457. The van der Waals surface area contributed by atoms with Gasteiger partial charge in [0.2, 0.25) is 0 Å². The number of benzene rings is 1. The van der Waals surface area contributed by atoms with E-state index in [1.165, 1.54) is 12.1 Å². The number of hydrogen-bond donors (Lipinski definition) is 1. The standard InChI is InChI=1S/C15H19FN2/c1-14(2)13(15(14,3)4)18-9-11-7-10(8-17)5-6-12(11)16/h5-7,13,18H,9H2,1-4H3. The average Bonchev–Trinajstić information content (AvgIpc) is 2.69. The first-order valence-electron chi connectivity index (χ1n) is 6.22. The number of nitriles is 1. The zero-order valence-electron chi connectivity index (χ0n) is 11.3. The molecule has 96 valence electrons. The maximum atomic E-state index is 13.6. The molecule has 1 saturated carbocycles. The summed E-state index contributed by atoms with van der Waals surface area (Å²) in [6.45, 7) is 9.33. The second kappa shape index (κ2) is 4.07. The Morgan fingerprint density at radius 1 is 1.28 bits per heavy atom. The second-order valence-corrected chi connectivity index (χ2v) is 6.18. The van der Waals surface area contributed by atoms with E-state index < -0.39 is 0 Å². The molecule has 0 bridgehead atoms. The van der Waals surface area contributed by atoms with Crippen molar-refractivity contribution >= 4 is 0 Å². The van der Waals surface area contributed by atoms with Gasteiger partial charge in [0.1, 0.15) is 5.82 Å². The van der Waals surface area contributed by atoms with E-state index in [1.54, 1.807) is 6.07 Å². The van der Waals surface area contributed by atoms with Crippen LogP contribution in [0, 0.1) is 28.0 Å². The van der Waals surface area contributed by atoms with Crippen LogP contribution in [0.2, 0.25) is 0 Å². The molecule has 0 aromatic heterocycles. The van der Waals surface area contributed by atoms with E-state index in [9.17, 15) is 4.39 Å². The van der Waals surface area contributed by atoms with Crippen LogP contribution in [0.25, 0.3) is 0 Å². The molecule has 0 radical (unpaired) electrons. The zero-order valence-corrected chi connectivity index (χ0v) is 11.3. The van der Waals surface area contributed by atoms with Crippen LogP contribution in [0.4, 0.5) is 4.39 Å². The highest BCUT2D eigenvalue weighted by Crippen LogP contribution is 2.62. The van der Waals surface area contributed by atoms with Crippen molar-refractivity contribution in [2.45, 2.75) is 40.3 Å². The summed E-state index contributed by atoms with van der Waals surface area (Å²) in [6, 6.07) is 6.90. The van der Waals surface area contributed by atoms with Crippen LogP contribution in [-0.4, -0.2) is 6.04 Å². The minimum atomic E-state index is -0.252. The molecule has 2 nitrogen and oxygen atoms in total. The number of rotatable bonds is 3.